The minimum atomic E-state index is -3.57. The first kappa shape index (κ1) is 20.2. The van der Waals surface area contributed by atoms with Crippen molar-refractivity contribution in [1.29, 1.82) is 0 Å². The predicted octanol–water partition coefficient (Wildman–Crippen LogP) is 0.778. The third-order valence-electron chi connectivity index (χ3n) is 4.16. The summed E-state index contributed by atoms with van der Waals surface area (Å²) in [6.45, 7) is 2.75. The average Bonchev–Trinajstić information content (AvgIpc) is 3.11. The molecule has 9 nitrogen and oxygen atoms in total. The van der Waals surface area contributed by atoms with Crippen molar-refractivity contribution in [3.05, 3.63) is 24.2 Å². The molecule has 2 amide bonds. The van der Waals surface area contributed by atoms with Crippen molar-refractivity contribution in [3.63, 3.8) is 0 Å². The fourth-order valence-corrected chi connectivity index (χ4v) is 3.97. The monoisotopic (exact) mass is 387 g/mol. The Morgan fingerprint density at radius 2 is 2.08 bits per heavy atom. The molecule has 1 aliphatic heterocycles. The van der Waals surface area contributed by atoms with E-state index in [1.165, 1.54) is 10.6 Å². The zero-order valence-electron chi connectivity index (χ0n) is 15.0. The topological polar surface area (TPSA) is 109 Å². The van der Waals surface area contributed by atoms with Crippen LogP contribution in [0.5, 0.6) is 0 Å². The summed E-state index contributed by atoms with van der Waals surface area (Å²) < 4.78 is 35.6. The number of sulfonamides is 1. The highest BCUT2D eigenvalue weighted by Gasteiger charge is 2.33. The number of likely N-dealkylation sites (tertiary alicyclic amines) is 1. The third kappa shape index (κ3) is 5.73. The van der Waals surface area contributed by atoms with Crippen LogP contribution < -0.4 is 5.32 Å². The molecule has 1 aromatic heterocycles. The first-order chi connectivity index (χ1) is 12.3. The van der Waals surface area contributed by atoms with Crippen molar-refractivity contribution in [2.24, 2.45) is 0 Å². The molecule has 0 spiro atoms. The van der Waals surface area contributed by atoms with Crippen molar-refractivity contribution in [2.75, 3.05) is 32.5 Å². The van der Waals surface area contributed by atoms with Gasteiger partial charge in [0.2, 0.25) is 15.9 Å². The van der Waals surface area contributed by atoms with Crippen molar-refractivity contribution in [1.82, 2.24) is 14.5 Å². The summed E-state index contributed by atoms with van der Waals surface area (Å²) in [5.74, 6) is 0.187. The van der Waals surface area contributed by atoms with Crippen LogP contribution in [0, 0.1) is 0 Å². The van der Waals surface area contributed by atoms with Crippen LogP contribution in [0.2, 0.25) is 0 Å². The van der Waals surface area contributed by atoms with Gasteiger partial charge in [0.1, 0.15) is 5.76 Å². The van der Waals surface area contributed by atoms with Gasteiger partial charge in [-0.1, -0.05) is 0 Å². The minimum Gasteiger partial charge on any atom is -0.467 e. The van der Waals surface area contributed by atoms with E-state index < -0.39 is 22.0 Å². The number of rotatable bonds is 7. The maximum Gasteiger partial charge on any atom is 0.409 e. The predicted molar refractivity (Wildman–Crippen MR) is 93.7 cm³/mol. The van der Waals surface area contributed by atoms with Gasteiger partial charge in [-0.05, 0) is 31.9 Å². The zero-order valence-corrected chi connectivity index (χ0v) is 15.8. The van der Waals surface area contributed by atoms with Crippen molar-refractivity contribution in [3.8, 4) is 0 Å². The van der Waals surface area contributed by atoms with E-state index in [1.54, 1.807) is 24.0 Å². The van der Waals surface area contributed by atoms with E-state index in [0.29, 0.717) is 38.3 Å². The van der Waals surface area contributed by atoms with Gasteiger partial charge in [-0.2, -0.15) is 4.31 Å². The molecule has 2 heterocycles. The Balaban J connectivity index is 1.91. The van der Waals surface area contributed by atoms with Gasteiger partial charge < -0.3 is 19.4 Å². The first-order valence-electron chi connectivity index (χ1n) is 8.49. The summed E-state index contributed by atoms with van der Waals surface area (Å²) in [5, 5.41) is 2.65. The lowest BCUT2D eigenvalue weighted by atomic mass is 10.1. The van der Waals surface area contributed by atoms with Crippen LogP contribution in [-0.2, 0) is 26.1 Å². The zero-order chi connectivity index (χ0) is 19.2. The standard InChI is InChI=1S/C16H25N3O6S/c1-3-24-16(21)18-8-6-13(7-9-18)19(26(2,22)23)12-15(20)17-11-14-5-4-10-25-14/h4-5,10,13H,3,6-9,11-12H2,1-2H3,(H,17,20). The van der Waals surface area contributed by atoms with Gasteiger partial charge in [0, 0.05) is 19.1 Å². The maximum atomic E-state index is 12.2. The lowest BCUT2D eigenvalue weighted by Crippen LogP contribution is -2.51. The number of piperidine rings is 1. The SMILES string of the molecule is CCOC(=O)N1CCC(N(CC(=O)NCc2ccco2)S(C)(=O)=O)CC1. The van der Waals surface area contributed by atoms with Gasteiger partial charge in [0.05, 0.1) is 32.2 Å². The molecule has 1 N–H and O–H groups in total. The Morgan fingerprint density at radius 1 is 1.38 bits per heavy atom. The normalized spacial score (nSPS) is 15.9. The van der Waals surface area contributed by atoms with Gasteiger partial charge in [-0.3, -0.25) is 4.79 Å². The van der Waals surface area contributed by atoms with E-state index in [0.717, 1.165) is 6.26 Å². The Bertz CT molecular complexity index is 696. The van der Waals surface area contributed by atoms with Crippen LogP contribution in [-0.4, -0.2) is 68.2 Å². The molecule has 146 valence electrons. The van der Waals surface area contributed by atoms with Gasteiger partial charge in [-0.15, -0.1) is 0 Å². The minimum absolute atomic E-state index is 0.199. The Labute approximate surface area is 153 Å². The summed E-state index contributed by atoms with van der Waals surface area (Å²) in [6, 6.07) is 3.10. The van der Waals surface area contributed by atoms with E-state index in [4.69, 9.17) is 9.15 Å². The molecule has 26 heavy (non-hydrogen) atoms. The van der Waals surface area contributed by atoms with Crippen LogP contribution in [0.1, 0.15) is 25.5 Å². The van der Waals surface area contributed by atoms with Crippen molar-refractivity contribution < 1.29 is 27.2 Å². The fraction of sp³-hybridized carbons (Fsp3) is 0.625. The number of nitrogens with one attached hydrogen (secondary N) is 1. The molecule has 1 aliphatic rings. The number of hydrogen-bond acceptors (Lipinski definition) is 6. The van der Waals surface area contributed by atoms with Crippen molar-refractivity contribution >= 4 is 22.0 Å². The molecule has 1 fully saturated rings. The van der Waals surface area contributed by atoms with E-state index >= 15 is 0 Å². The number of carbonyl (C=O) groups is 2. The fourth-order valence-electron chi connectivity index (χ4n) is 2.86. The molecular weight excluding hydrogens is 362 g/mol. The highest BCUT2D eigenvalue weighted by Crippen LogP contribution is 2.19. The molecule has 10 heteroatoms. The first-order valence-corrected chi connectivity index (χ1v) is 10.3. The highest BCUT2D eigenvalue weighted by molar-refractivity contribution is 7.88. The number of ether oxygens (including phenoxy) is 1. The second kappa shape index (κ2) is 9.04. The molecule has 1 saturated heterocycles. The number of carbonyl (C=O) groups excluding carboxylic acids is 2. The molecule has 0 aromatic carbocycles. The highest BCUT2D eigenvalue weighted by atomic mass is 32.2. The summed E-state index contributed by atoms with van der Waals surface area (Å²) in [7, 11) is -3.57. The number of nitrogens with zero attached hydrogens (tertiary/aromatic N) is 2. The average molecular weight is 387 g/mol. The number of amides is 2. The summed E-state index contributed by atoms with van der Waals surface area (Å²) in [5.41, 5.74) is 0. The smallest absolute Gasteiger partial charge is 0.409 e. The molecule has 0 unspecified atom stereocenters. The number of furan rings is 1. The molecule has 0 saturated carbocycles. The van der Waals surface area contributed by atoms with Crippen LogP contribution in [0.15, 0.2) is 22.8 Å². The molecule has 0 bridgehead atoms. The number of hydrogen-bond donors (Lipinski definition) is 1. The van der Waals surface area contributed by atoms with Gasteiger partial charge in [0.15, 0.2) is 0 Å². The van der Waals surface area contributed by atoms with Crippen LogP contribution >= 0.6 is 0 Å². The lowest BCUT2D eigenvalue weighted by Gasteiger charge is -2.36. The quantitative estimate of drug-likeness (QED) is 0.740. The van der Waals surface area contributed by atoms with Gasteiger partial charge >= 0.3 is 6.09 Å². The third-order valence-corrected chi connectivity index (χ3v) is 5.44. The molecule has 0 atom stereocenters. The summed E-state index contributed by atoms with van der Waals surface area (Å²) in [4.78, 5) is 25.5. The molecule has 1 aromatic rings. The Kier molecular flexibility index (Phi) is 7.04. The molecule has 2 rings (SSSR count). The van der Waals surface area contributed by atoms with E-state index in [9.17, 15) is 18.0 Å². The summed E-state index contributed by atoms with van der Waals surface area (Å²) >= 11 is 0. The Hall–Kier alpha value is -2.07. The molecule has 0 radical (unpaired) electrons. The molecular formula is C16H25N3O6S. The Morgan fingerprint density at radius 3 is 2.62 bits per heavy atom. The maximum absolute atomic E-state index is 12.2. The van der Waals surface area contributed by atoms with E-state index in [2.05, 4.69) is 5.32 Å². The largest absolute Gasteiger partial charge is 0.467 e. The molecule has 0 aliphatic carbocycles. The van der Waals surface area contributed by atoms with Crippen molar-refractivity contribution in [2.45, 2.75) is 32.4 Å². The van der Waals surface area contributed by atoms with Gasteiger partial charge in [-0.25, -0.2) is 13.2 Å². The second-order valence-corrected chi connectivity index (χ2v) is 8.02. The van der Waals surface area contributed by atoms with E-state index in [-0.39, 0.29) is 19.1 Å². The summed E-state index contributed by atoms with van der Waals surface area (Å²) in [6.07, 6.45) is 3.11. The van der Waals surface area contributed by atoms with Gasteiger partial charge in [0.25, 0.3) is 0 Å². The van der Waals surface area contributed by atoms with E-state index in [1.807, 2.05) is 0 Å². The van der Waals surface area contributed by atoms with Crippen LogP contribution in [0.25, 0.3) is 0 Å². The van der Waals surface area contributed by atoms with Crippen LogP contribution in [0.4, 0.5) is 4.79 Å². The lowest BCUT2D eigenvalue weighted by molar-refractivity contribution is -0.122. The second-order valence-electron chi connectivity index (χ2n) is 6.08. The van der Waals surface area contributed by atoms with Crippen LogP contribution in [0.3, 0.4) is 0 Å².